The largest absolute Gasteiger partial charge is 0.451 e. The highest BCUT2D eigenvalue weighted by Gasteiger charge is 2.28. The van der Waals surface area contributed by atoms with Crippen LogP contribution in [0.4, 0.5) is 5.69 Å². The molecule has 1 unspecified atom stereocenters. The zero-order valence-electron chi connectivity index (χ0n) is 28.9. The van der Waals surface area contributed by atoms with Crippen LogP contribution in [0.15, 0.2) is 82.0 Å². The lowest BCUT2D eigenvalue weighted by molar-refractivity contribution is -0.133. The number of para-hydroxylation sites is 1. The minimum Gasteiger partial charge on any atom is -0.451 e. The minimum atomic E-state index is -0.834. The summed E-state index contributed by atoms with van der Waals surface area (Å²) in [6.45, 7) is 10.8. The fourth-order valence-electron chi connectivity index (χ4n) is 4.97. The molecule has 1 aliphatic heterocycles. The Balaban J connectivity index is 0.000000563. The molecular weight excluding hydrogens is 665 g/mol. The number of carbonyl (C=O) groups excluding carboxylic acids is 3. The van der Waals surface area contributed by atoms with Crippen molar-refractivity contribution in [3.63, 3.8) is 0 Å². The van der Waals surface area contributed by atoms with Crippen LogP contribution in [-0.2, 0) is 4.79 Å². The summed E-state index contributed by atoms with van der Waals surface area (Å²) in [5, 5.41) is 7.07. The molecule has 2 N–H and O–H groups in total. The zero-order valence-corrected chi connectivity index (χ0v) is 30.4. The third kappa shape index (κ3) is 11.3. The molecule has 0 spiro atoms. The SMILES string of the molecule is CC.CC(NC(=O)c1cc(=O)c2ccc(Cl)cc2o1)C(=O)N1CCN(c2ccccc2C(=O)NCCN(C)C)CC1.Cc1ccc(Cl)cc1. The lowest BCUT2D eigenvalue weighted by atomic mass is 10.1. The molecule has 1 aliphatic rings. The molecule has 2 heterocycles. The molecule has 1 fully saturated rings. The highest BCUT2D eigenvalue weighted by Crippen LogP contribution is 2.22. The Hall–Kier alpha value is -4.38. The number of halogens is 2. The Labute approximate surface area is 298 Å². The fraction of sp³-hybridized carbons (Fsp3) is 0.351. The Morgan fingerprint density at radius 2 is 1.51 bits per heavy atom. The molecule has 3 aromatic carbocycles. The van der Waals surface area contributed by atoms with Crippen LogP contribution in [0.1, 0.15) is 47.2 Å². The Morgan fingerprint density at radius 3 is 2.14 bits per heavy atom. The molecule has 1 aromatic heterocycles. The van der Waals surface area contributed by atoms with E-state index in [9.17, 15) is 19.2 Å². The van der Waals surface area contributed by atoms with E-state index in [1.807, 2.05) is 82.2 Å². The summed E-state index contributed by atoms with van der Waals surface area (Å²) in [6.07, 6.45) is 0. The minimum absolute atomic E-state index is 0.134. The van der Waals surface area contributed by atoms with E-state index in [-0.39, 0.29) is 28.6 Å². The van der Waals surface area contributed by atoms with Gasteiger partial charge in [0.1, 0.15) is 11.6 Å². The summed E-state index contributed by atoms with van der Waals surface area (Å²) in [7, 11) is 3.90. The van der Waals surface area contributed by atoms with Crippen molar-refractivity contribution in [2.45, 2.75) is 33.7 Å². The van der Waals surface area contributed by atoms with Gasteiger partial charge in [-0.3, -0.25) is 19.2 Å². The van der Waals surface area contributed by atoms with Crippen molar-refractivity contribution in [2.75, 3.05) is 58.3 Å². The number of anilines is 1. The van der Waals surface area contributed by atoms with Gasteiger partial charge in [-0.05, 0) is 64.3 Å². The van der Waals surface area contributed by atoms with Gasteiger partial charge in [-0.15, -0.1) is 0 Å². The number of piperazine rings is 1. The van der Waals surface area contributed by atoms with E-state index in [0.29, 0.717) is 48.7 Å². The summed E-state index contributed by atoms with van der Waals surface area (Å²) < 4.78 is 5.58. The topological polar surface area (TPSA) is 115 Å². The van der Waals surface area contributed by atoms with Crippen molar-refractivity contribution in [3.05, 3.63) is 110 Å². The van der Waals surface area contributed by atoms with E-state index in [1.165, 1.54) is 17.7 Å². The van der Waals surface area contributed by atoms with Crippen molar-refractivity contribution >= 4 is 57.6 Å². The predicted octanol–water partition coefficient (Wildman–Crippen LogP) is 5.88. The standard InChI is InChI=1S/C28H32ClN5O5.C7H7Cl.C2H6/c1-18(31-27(37)25-17-23(35)21-9-8-19(29)16-24(21)39-25)28(38)34-14-12-33(13-15-34)22-7-5-4-6-20(22)26(36)30-10-11-32(2)3;1-6-2-4-7(8)5-3-6;1-2/h4-9,16-18H,10-15H2,1-3H3,(H,30,36)(H,31,37);2-5H,1H3;1-2H3. The van der Waals surface area contributed by atoms with Gasteiger partial charge in [0.05, 0.1) is 10.9 Å². The van der Waals surface area contributed by atoms with Crippen molar-refractivity contribution in [2.24, 2.45) is 0 Å². The van der Waals surface area contributed by atoms with Crippen LogP contribution in [0.5, 0.6) is 0 Å². The van der Waals surface area contributed by atoms with Crippen LogP contribution >= 0.6 is 23.2 Å². The molecule has 4 aromatic rings. The smallest absolute Gasteiger partial charge is 0.287 e. The van der Waals surface area contributed by atoms with Gasteiger partial charge in [-0.2, -0.15) is 0 Å². The maximum absolute atomic E-state index is 13.1. The summed E-state index contributed by atoms with van der Waals surface area (Å²) >= 11 is 11.6. The van der Waals surface area contributed by atoms with Gasteiger partial charge in [0.15, 0.2) is 11.2 Å². The van der Waals surface area contributed by atoms with E-state index >= 15 is 0 Å². The number of nitrogens with zero attached hydrogens (tertiary/aromatic N) is 3. The number of nitrogens with one attached hydrogen (secondary N) is 2. The number of hydrogen-bond donors (Lipinski definition) is 2. The number of carbonyl (C=O) groups is 3. The van der Waals surface area contributed by atoms with Crippen LogP contribution in [0.2, 0.25) is 10.0 Å². The second kappa shape index (κ2) is 19.0. The molecule has 1 atom stereocenters. The average molecular weight is 711 g/mol. The Bertz CT molecular complexity index is 1750. The molecule has 10 nitrogen and oxygen atoms in total. The van der Waals surface area contributed by atoms with E-state index < -0.39 is 11.9 Å². The lowest BCUT2D eigenvalue weighted by Gasteiger charge is -2.37. The summed E-state index contributed by atoms with van der Waals surface area (Å²) in [4.78, 5) is 56.8. The molecular formula is C37H45Cl2N5O5. The maximum atomic E-state index is 13.1. The van der Waals surface area contributed by atoms with Gasteiger partial charge in [-0.1, -0.05) is 66.9 Å². The third-order valence-electron chi connectivity index (χ3n) is 7.57. The predicted molar refractivity (Wildman–Crippen MR) is 198 cm³/mol. The third-order valence-corrected chi connectivity index (χ3v) is 8.06. The Morgan fingerprint density at radius 1 is 0.878 bits per heavy atom. The molecule has 0 radical (unpaired) electrons. The molecule has 0 bridgehead atoms. The average Bonchev–Trinajstić information content (AvgIpc) is 3.10. The number of rotatable bonds is 8. The van der Waals surface area contributed by atoms with E-state index in [0.717, 1.165) is 23.3 Å². The monoisotopic (exact) mass is 709 g/mol. The van der Waals surface area contributed by atoms with Crippen LogP contribution < -0.4 is 21.0 Å². The van der Waals surface area contributed by atoms with E-state index in [4.69, 9.17) is 27.6 Å². The number of benzene rings is 3. The first-order valence-electron chi connectivity index (χ1n) is 16.2. The van der Waals surface area contributed by atoms with Gasteiger partial charge >= 0.3 is 0 Å². The van der Waals surface area contributed by atoms with Gasteiger partial charge in [0, 0.05) is 67.1 Å². The molecule has 262 valence electrons. The number of hydrogen-bond acceptors (Lipinski definition) is 7. The molecule has 0 aliphatic carbocycles. The maximum Gasteiger partial charge on any atom is 0.287 e. The van der Waals surface area contributed by atoms with E-state index in [2.05, 4.69) is 15.5 Å². The summed E-state index contributed by atoms with van der Waals surface area (Å²) in [5.41, 5.74) is 2.48. The Kier molecular flexibility index (Phi) is 15.1. The van der Waals surface area contributed by atoms with Crippen LogP contribution in [0.3, 0.4) is 0 Å². The van der Waals surface area contributed by atoms with Crippen LogP contribution in [0, 0.1) is 6.92 Å². The van der Waals surface area contributed by atoms with Gasteiger partial charge in [0.25, 0.3) is 11.8 Å². The molecule has 0 saturated carbocycles. The van der Waals surface area contributed by atoms with Crippen LogP contribution in [0.25, 0.3) is 11.0 Å². The second-order valence-corrected chi connectivity index (χ2v) is 12.4. The first-order chi connectivity index (χ1) is 23.4. The van der Waals surface area contributed by atoms with Crippen molar-refractivity contribution < 1.29 is 18.8 Å². The highest BCUT2D eigenvalue weighted by atomic mass is 35.5. The van der Waals surface area contributed by atoms with Crippen LogP contribution in [-0.4, -0.2) is 86.9 Å². The van der Waals surface area contributed by atoms with Crippen molar-refractivity contribution in [3.8, 4) is 0 Å². The first-order valence-corrected chi connectivity index (χ1v) is 17.0. The first kappa shape index (κ1) is 39.1. The molecule has 49 heavy (non-hydrogen) atoms. The highest BCUT2D eigenvalue weighted by molar-refractivity contribution is 6.31. The van der Waals surface area contributed by atoms with Gasteiger partial charge < -0.3 is 29.8 Å². The fourth-order valence-corrected chi connectivity index (χ4v) is 5.26. The molecule has 12 heteroatoms. The summed E-state index contributed by atoms with van der Waals surface area (Å²) in [5.74, 6) is -1.24. The molecule has 1 saturated heterocycles. The van der Waals surface area contributed by atoms with Crippen molar-refractivity contribution in [1.82, 2.24) is 20.4 Å². The number of aryl methyl sites for hydroxylation is 1. The quantitative estimate of drug-likeness (QED) is 0.235. The lowest BCUT2D eigenvalue weighted by Crippen LogP contribution is -2.54. The number of fused-ring (bicyclic) bond motifs is 1. The van der Waals surface area contributed by atoms with Gasteiger partial charge in [-0.25, -0.2) is 0 Å². The zero-order chi connectivity index (χ0) is 36.1. The van der Waals surface area contributed by atoms with Gasteiger partial charge in [0.2, 0.25) is 5.91 Å². The molecule has 3 amide bonds. The summed E-state index contributed by atoms with van der Waals surface area (Å²) in [6, 6.07) is 20.0. The molecule has 5 rings (SSSR count). The second-order valence-electron chi connectivity index (χ2n) is 11.5. The van der Waals surface area contributed by atoms with Crippen molar-refractivity contribution in [1.29, 1.82) is 0 Å². The number of likely N-dealkylation sites (N-methyl/N-ethyl adjacent to an activating group) is 1. The van der Waals surface area contributed by atoms with E-state index in [1.54, 1.807) is 24.0 Å². The normalized spacial score (nSPS) is 13.1. The number of amides is 3.